The molecule has 1 fully saturated rings. The van der Waals surface area contributed by atoms with Crippen molar-refractivity contribution in [3.8, 4) is 0 Å². The molecule has 2 aliphatic heterocycles. The highest BCUT2D eigenvalue weighted by molar-refractivity contribution is 6.21. The lowest BCUT2D eigenvalue weighted by molar-refractivity contribution is -0.122. The van der Waals surface area contributed by atoms with Gasteiger partial charge in [-0.15, -0.1) is 0 Å². The van der Waals surface area contributed by atoms with Crippen LogP contribution in [0.15, 0.2) is 24.3 Å². The van der Waals surface area contributed by atoms with Crippen molar-refractivity contribution in [3.63, 3.8) is 0 Å². The second-order valence-corrected chi connectivity index (χ2v) is 8.62. The molecule has 6 nitrogen and oxygen atoms in total. The van der Waals surface area contributed by atoms with E-state index >= 15 is 0 Å². The van der Waals surface area contributed by atoms with Gasteiger partial charge in [-0.05, 0) is 52.7 Å². The second-order valence-electron chi connectivity index (χ2n) is 8.62. The van der Waals surface area contributed by atoms with Crippen LogP contribution in [0.5, 0.6) is 0 Å². The number of hydrogen-bond donors (Lipinski definition) is 2. The van der Waals surface area contributed by atoms with Gasteiger partial charge in [0.15, 0.2) is 0 Å². The minimum atomic E-state index is -0.317. The number of benzene rings is 1. The van der Waals surface area contributed by atoms with Gasteiger partial charge in [-0.3, -0.25) is 19.3 Å². The maximum atomic E-state index is 12.4. The van der Waals surface area contributed by atoms with Crippen molar-refractivity contribution in [2.45, 2.75) is 64.1 Å². The van der Waals surface area contributed by atoms with E-state index in [2.05, 4.69) is 38.3 Å². The summed E-state index contributed by atoms with van der Waals surface area (Å²) in [5, 5.41) is 6.66. The lowest BCUT2D eigenvalue weighted by Crippen LogP contribution is -2.62. The fourth-order valence-electron chi connectivity index (χ4n) is 4.38. The highest BCUT2D eigenvalue weighted by Crippen LogP contribution is 2.28. The molecule has 3 rings (SSSR count). The third-order valence-corrected chi connectivity index (χ3v) is 5.00. The van der Waals surface area contributed by atoms with Gasteiger partial charge in [0.2, 0.25) is 5.91 Å². The average molecular weight is 357 g/mol. The van der Waals surface area contributed by atoms with Crippen molar-refractivity contribution < 1.29 is 14.4 Å². The average Bonchev–Trinajstić information content (AvgIpc) is 2.74. The second kappa shape index (κ2) is 6.50. The van der Waals surface area contributed by atoms with Gasteiger partial charge in [0.25, 0.3) is 11.8 Å². The smallest absolute Gasteiger partial charge is 0.261 e. The number of carbonyl (C=O) groups is 3. The number of rotatable bonds is 4. The monoisotopic (exact) mass is 357 g/mol. The predicted octanol–water partition coefficient (Wildman–Crippen LogP) is 2.10. The summed E-state index contributed by atoms with van der Waals surface area (Å²) < 4.78 is 0. The topological polar surface area (TPSA) is 78.5 Å². The summed E-state index contributed by atoms with van der Waals surface area (Å²) >= 11 is 0. The van der Waals surface area contributed by atoms with Crippen molar-refractivity contribution in [1.29, 1.82) is 0 Å². The normalized spacial score (nSPS) is 21.6. The van der Waals surface area contributed by atoms with Crippen LogP contribution in [0.2, 0.25) is 0 Å². The summed E-state index contributed by atoms with van der Waals surface area (Å²) in [4.78, 5) is 38.3. The van der Waals surface area contributed by atoms with E-state index in [4.69, 9.17) is 0 Å². The Labute approximate surface area is 154 Å². The highest BCUT2D eigenvalue weighted by Gasteiger charge is 2.39. The van der Waals surface area contributed by atoms with Crippen LogP contribution in [0.1, 0.15) is 67.7 Å². The lowest BCUT2D eigenvalue weighted by atomic mass is 9.79. The van der Waals surface area contributed by atoms with E-state index in [0.717, 1.165) is 12.8 Å². The predicted molar refractivity (Wildman–Crippen MR) is 98.9 cm³/mol. The number of piperidine rings is 1. The van der Waals surface area contributed by atoms with Crippen LogP contribution < -0.4 is 10.6 Å². The van der Waals surface area contributed by atoms with Crippen LogP contribution in [0.25, 0.3) is 0 Å². The van der Waals surface area contributed by atoms with Crippen LogP contribution in [0.4, 0.5) is 0 Å². The zero-order valence-corrected chi connectivity index (χ0v) is 15.9. The van der Waals surface area contributed by atoms with Gasteiger partial charge in [-0.2, -0.15) is 0 Å². The minimum Gasteiger partial charge on any atom is -0.353 e. The molecular weight excluding hydrogens is 330 g/mol. The van der Waals surface area contributed by atoms with Gasteiger partial charge < -0.3 is 10.6 Å². The third-order valence-electron chi connectivity index (χ3n) is 5.00. The minimum absolute atomic E-state index is 0.0533. The molecule has 0 saturated carbocycles. The van der Waals surface area contributed by atoms with Crippen LogP contribution in [0, 0.1) is 0 Å². The molecule has 0 aliphatic carbocycles. The fraction of sp³-hybridized carbons (Fsp3) is 0.550. The van der Waals surface area contributed by atoms with Gasteiger partial charge in [-0.25, -0.2) is 0 Å². The fourth-order valence-corrected chi connectivity index (χ4v) is 4.38. The van der Waals surface area contributed by atoms with Gasteiger partial charge in [0.1, 0.15) is 0 Å². The highest BCUT2D eigenvalue weighted by atomic mass is 16.2. The van der Waals surface area contributed by atoms with Crippen molar-refractivity contribution in [3.05, 3.63) is 35.4 Å². The van der Waals surface area contributed by atoms with Crippen LogP contribution >= 0.6 is 0 Å². The summed E-state index contributed by atoms with van der Waals surface area (Å²) in [5.74, 6) is -0.759. The van der Waals surface area contributed by atoms with Crippen molar-refractivity contribution in [2.24, 2.45) is 0 Å². The summed E-state index contributed by atoms with van der Waals surface area (Å²) in [5.41, 5.74) is 0.726. The molecular formula is C20H27N3O3. The Morgan fingerprint density at radius 3 is 2.08 bits per heavy atom. The van der Waals surface area contributed by atoms with Gasteiger partial charge in [-0.1, -0.05) is 12.1 Å². The summed E-state index contributed by atoms with van der Waals surface area (Å²) in [6.45, 7) is 8.63. The standard InChI is InChI=1S/C20H27N3O3/c1-19(2)11-13(12-20(3,4)22-19)21-16(24)9-10-23-17(25)14-7-5-6-8-15(14)18(23)26/h5-8,13,22H,9-12H2,1-4H3,(H,21,24). The third kappa shape index (κ3) is 3.80. The number of fused-ring (bicyclic) bond motifs is 1. The Hall–Kier alpha value is -2.21. The molecule has 2 aliphatic rings. The zero-order valence-electron chi connectivity index (χ0n) is 15.9. The first-order valence-electron chi connectivity index (χ1n) is 9.12. The van der Waals surface area contributed by atoms with E-state index in [1.54, 1.807) is 24.3 Å². The first-order chi connectivity index (χ1) is 12.1. The Kier molecular flexibility index (Phi) is 4.65. The molecule has 0 radical (unpaired) electrons. The van der Waals surface area contributed by atoms with Crippen LogP contribution in [-0.4, -0.2) is 46.3 Å². The molecule has 2 N–H and O–H groups in total. The Morgan fingerprint density at radius 2 is 1.58 bits per heavy atom. The van der Waals surface area contributed by atoms with Crippen molar-refractivity contribution in [2.75, 3.05) is 6.54 Å². The van der Waals surface area contributed by atoms with Gasteiger partial charge in [0.05, 0.1) is 11.1 Å². The van der Waals surface area contributed by atoms with Crippen molar-refractivity contribution >= 4 is 17.7 Å². The molecule has 0 spiro atoms. The number of imide groups is 1. The van der Waals surface area contributed by atoms with E-state index in [-0.39, 0.29) is 47.8 Å². The SMILES string of the molecule is CC1(C)CC(NC(=O)CCN2C(=O)c3ccccc3C2=O)CC(C)(C)N1. The number of carbonyl (C=O) groups excluding carboxylic acids is 3. The molecule has 0 atom stereocenters. The molecule has 26 heavy (non-hydrogen) atoms. The molecule has 1 saturated heterocycles. The molecule has 1 aromatic carbocycles. The molecule has 3 amide bonds. The van der Waals surface area contributed by atoms with Crippen LogP contribution in [-0.2, 0) is 4.79 Å². The lowest BCUT2D eigenvalue weighted by Gasteiger charge is -2.46. The molecule has 0 unspecified atom stereocenters. The molecule has 0 aromatic heterocycles. The number of nitrogens with one attached hydrogen (secondary N) is 2. The maximum Gasteiger partial charge on any atom is 0.261 e. The first-order valence-corrected chi connectivity index (χ1v) is 9.12. The van der Waals surface area contributed by atoms with Gasteiger partial charge in [0, 0.05) is 30.1 Å². The number of amides is 3. The van der Waals surface area contributed by atoms with Gasteiger partial charge >= 0.3 is 0 Å². The summed E-state index contributed by atoms with van der Waals surface area (Å²) in [7, 11) is 0. The Morgan fingerprint density at radius 1 is 1.08 bits per heavy atom. The van der Waals surface area contributed by atoms with E-state index in [9.17, 15) is 14.4 Å². The van der Waals surface area contributed by atoms with E-state index in [1.165, 1.54) is 4.90 Å². The summed E-state index contributed by atoms with van der Waals surface area (Å²) in [6.07, 6.45) is 1.81. The van der Waals surface area contributed by atoms with Crippen LogP contribution in [0.3, 0.4) is 0 Å². The van der Waals surface area contributed by atoms with Crippen molar-refractivity contribution in [1.82, 2.24) is 15.5 Å². The zero-order chi connectivity index (χ0) is 19.1. The number of nitrogens with zero attached hydrogens (tertiary/aromatic N) is 1. The summed E-state index contributed by atoms with van der Waals surface area (Å²) in [6, 6.07) is 6.85. The Bertz CT molecular complexity index is 703. The molecule has 0 bridgehead atoms. The molecule has 2 heterocycles. The van der Waals surface area contributed by atoms with E-state index < -0.39 is 0 Å². The quantitative estimate of drug-likeness (QED) is 0.809. The molecule has 6 heteroatoms. The molecule has 1 aromatic rings. The first kappa shape index (κ1) is 18.6. The van der Waals surface area contributed by atoms with E-state index in [0.29, 0.717) is 11.1 Å². The Balaban J connectivity index is 1.57. The maximum absolute atomic E-state index is 12.4. The van der Waals surface area contributed by atoms with E-state index in [1.807, 2.05) is 0 Å². The molecule has 140 valence electrons. The largest absolute Gasteiger partial charge is 0.353 e. The number of hydrogen-bond acceptors (Lipinski definition) is 4.